The van der Waals surface area contributed by atoms with Crippen molar-refractivity contribution >= 4 is 39.5 Å². The number of aliphatic hydroxyl groups excluding tert-OH is 1. The smallest absolute Gasteiger partial charge is 0.462 e. The molecule has 5 atom stereocenters. The highest BCUT2D eigenvalue weighted by Crippen LogP contribution is 2.45. The van der Waals surface area contributed by atoms with Crippen LogP contribution in [0, 0.1) is 0 Å². The zero-order valence-corrected chi connectivity index (χ0v) is 65.3. The number of carbonyl (C=O) groups excluding carboxylic acids is 4. The third kappa shape index (κ3) is 72.2. The Morgan fingerprint density at radius 3 is 0.704 bits per heavy atom. The molecule has 580 valence electrons. The van der Waals surface area contributed by atoms with Crippen molar-refractivity contribution in [3.63, 3.8) is 0 Å². The number of ether oxygens (including phenoxy) is 4. The van der Waals surface area contributed by atoms with Crippen LogP contribution in [0.5, 0.6) is 0 Å². The molecule has 0 aliphatic rings. The lowest BCUT2D eigenvalue weighted by atomic mass is 10.0. The van der Waals surface area contributed by atoms with Crippen LogP contribution in [0.25, 0.3) is 0 Å². The van der Waals surface area contributed by atoms with Crippen molar-refractivity contribution in [2.24, 2.45) is 0 Å². The van der Waals surface area contributed by atoms with Crippen molar-refractivity contribution in [3.05, 3.63) is 12.2 Å². The highest BCUT2D eigenvalue weighted by atomic mass is 31.2. The molecule has 0 aliphatic carbocycles. The molecular formula is C79H152O17P2. The lowest BCUT2D eigenvalue weighted by molar-refractivity contribution is -0.161. The van der Waals surface area contributed by atoms with Crippen LogP contribution in [0.15, 0.2) is 12.2 Å². The molecule has 0 aromatic rings. The first-order valence-electron chi connectivity index (χ1n) is 40.9. The number of hydrogen-bond acceptors (Lipinski definition) is 15. The van der Waals surface area contributed by atoms with Crippen LogP contribution < -0.4 is 0 Å². The summed E-state index contributed by atoms with van der Waals surface area (Å²) >= 11 is 0. The van der Waals surface area contributed by atoms with Gasteiger partial charge in [-0.25, -0.2) is 9.13 Å². The SMILES string of the molecule is CCCCCCCC/C=C\CCCCCCCC(=O)O[C@H](COC(=O)CCCCCCCCCCCCCCCCC)COP(=O)(O)OC[C@@H](O)COP(=O)(O)OC[C@@H](COC(=O)CCCCCCCCCCCCCCCCC)OC(=O)CCCCCCCCCCCCCCC. The summed E-state index contributed by atoms with van der Waals surface area (Å²) in [5.41, 5.74) is 0. The second kappa shape index (κ2) is 73.1. The van der Waals surface area contributed by atoms with Crippen LogP contribution >= 0.6 is 15.6 Å². The maximum absolute atomic E-state index is 13.1. The van der Waals surface area contributed by atoms with E-state index in [-0.39, 0.29) is 25.7 Å². The number of esters is 4. The number of allylic oxidation sites excluding steroid dienone is 2. The minimum atomic E-state index is -4.96. The Morgan fingerprint density at radius 2 is 0.469 bits per heavy atom. The van der Waals surface area contributed by atoms with Crippen LogP contribution in [-0.2, 0) is 65.4 Å². The third-order valence-electron chi connectivity index (χ3n) is 18.3. The van der Waals surface area contributed by atoms with Gasteiger partial charge in [0.25, 0.3) is 0 Å². The van der Waals surface area contributed by atoms with E-state index >= 15 is 0 Å². The second-order valence-electron chi connectivity index (χ2n) is 28.1. The topological polar surface area (TPSA) is 237 Å². The molecule has 0 rings (SSSR count). The number of unbranched alkanes of at least 4 members (excludes halogenated alkanes) is 51. The van der Waals surface area contributed by atoms with Crippen molar-refractivity contribution in [1.29, 1.82) is 0 Å². The maximum Gasteiger partial charge on any atom is 0.472 e. The van der Waals surface area contributed by atoms with E-state index in [1.54, 1.807) is 0 Å². The van der Waals surface area contributed by atoms with E-state index in [9.17, 15) is 43.2 Å². The van der Waals surface area contributed by atoms with Crippen LogP contribution in [0.2, 0.25) is 0 Å². The molecule has 0 aromatic heterocycles. The van der Waals surface area contributed by atoms with E-state index in [0.717, 1.165) is 103 Å². The lowest BCUT2D eigenvalue weighted by Crippen LogP contribution is -2.30. The minimum absolute atomic E-state index is 0.0953. The molecule has 0 aromatic carbocycles. The Balaban J connectivity index is 5.28. The normalized spacial score (nSPS) is 13.9. The summed E-state index contributed by atoms with van der Waals surface area (Å²) in [6.07, 6.45) is 66.1. The number of rotatable bonds is 79. The molecule has 0 amide bonds. The van der Waals surface area contributed by atoms with E-state index < -0.39 is 97.5 Å². The van der Waals surface area contributed by atoms with Crippen LogP contribution in [-0.4, -0.2) is 96.7 Å². The highest BCUT2D eigenvalue weighted by molar-refractivity contribution is 7.47. The predicted octanol–water partition coefficient (Wildman–Crippen LogP) is 23.6. The van der Waals surface area contributed by atoms with Crippen LogP contribution in [0.1, 0.15) is 413 Å². The van der Waals surface area contributed by atoms with E-state index in [1.807, 2.05) is 0 Å². The summed E-state index contributed by atoms with van der Waals surface area (Å²) in [6.45, 7) is 4.99. The van der Waals surface area contributed by atoms with Gasteiger partial charge in [0.15, 0.2) is 12.2 Å². The van der Waals surface area contributed by atoms with Gasteiger partial charge in [0.1, 0.15) is 19.3 Å². The first kappa shape index (κ1) is 95.8. The van der Waals surface area contributed by atoms with E-state index in [4.69, 9.17) is 37.0 Å². The first-order valence-corrected chi connectivity index (χ1v) is 43.9. The highest BCUT2D eigenvalue weighted by Gasteiger charge is 2.30. The van der Waals surface area contributed by atoms with Crippen molar-refractivity contribution in [2.45, 2.75) is 431 Å². The van der Waals surface area contributed by atoms with Gasteiger partial charge in [-0.3, -0.25) is 37.3 Å². The van der Waals surface area contributed by atoms with Gasteiger partial charge in [0.05, 0.1) is 26.4 Å². The first-order chi connectivity index (χ1) is 47.7. The van der Waals surface area contributed by atoms with E-state index in [0.29, 0.717) is 25.7 Å². The summed E-state index contributed by atoms with van der Waals surface area (Å²) in [7, 11) is -9.92. The third-order valence-corrected chi connectivity index (χ3v) is 20.2. The molecule has 0 heterocycles. The summed E-state index contributed by atoms with van der Waals surface area (Å²) in [6, 6.07) is 0. The standard InChI is InChI=1S/C79H152O17P2/c1-5-9-13-17-21-25-29-33-36-40-43-47-51-55-59-63-76(81)89-69-74(95-78(83)65-61-57-53-49-45-39-32-28-24-20-16-12-8-4)71-93-97(85,86)91-67-73(80)68-92-98(87,88)94-72-75(96-79(84)66-62-58-54-50-46-42-38-35-31-27-23-19-15-11-7-3)70-90-77(82)64-60-56-52-48-44-41-37-34-30-26-22-18-14-10-6-2/h35,38,73-75,80H,5-34,36-37,39-72H2,1-4H3,(H,85,86)(H,87,88)/b38-35-/t73-,74+,75+/m0/s1. The fourth-order valence-corrected chi connectivity index (χ4v) is 13.6. The Hall–Kier alpha value is -2.20. The van der Waals surface area contributed by atoms with Crippen LogP contribution in [0.4, 0.5) is 0 Å². The number of aliphatic hydroxyl groups is 1. The van der Waals surface area contributed by atoms with Gasteiger partial charge >= 0.3 is 39.5 Å². The minimum Gasteiger partial charge on any atom is -0.462 e. The molecule has 19 heteroatoms. The number of phosphoric ester groups is 2. The average molecular weight is 1440 g/mol. The molecule has 0 fully saturated rings. The second-order valence-corrected chi connectivity index (χ2v) is 31.0. The molecule has 0 aliphatic heterocycles. The zero-order valence-electron chi connectivity index (χ0n) is 63.5. The summed E-state index contributed by atoms with van der Waals surface area (Å²) in [5, 5.41) is 10.6. The quantitative estimate of drug-likeness (QED) is 0.0169. The average Bonchev–Trinajstić information content (AvgIpc) is 0.984. The largest absolute Gasteiger partial charge is 0.472 e. The molecule has 98 heavy (non-hydrogen) atoms. The molecule has 0 spiro atoms. The molecule has 0 bridgehead atoms. The van der Waals surface area contributed by atoms with Gasteiger partial charge in [0.2, 0.25) is 0 Å². The molecule has 0 saturated carbocycles. The molecule has 2 unspecified atom stereocenters. The number of hydrogen-bond donors (Lipinski definition) is 3. The molecular weight excluding hydrogens is 1280 g/mol. The van der Waals surface area contributed by atoms with E-state index in [2.05, 4.69) is 39.8 Å². The van der Waals surface area contributed by atoms with Crippen molar-refractivity contribution in [2.75, 3.05) is 39.6 Å². The Labute approximate surface area is 600 Å². The van der Waals surface area contributed by atoms with E-state index in [1.165, 1.54) is 231 Å². The van der Waals surface area contributed by atoms with Crippen molar-refractivity contribution in [1.82, 2.24) is 0 Å². The fourth-order valence-electron chi connectivity index (χ4n) is 12.0. The van der Waals surface area contributed by atoms with Gasteiger partial charge in [-0.2, -0.15) is 0 Å². The summed E-state index contributed by atoms with van der Waals surface area (Å²) in [4.78, 5) is 73.0. The van der Waals surface area contributed by atoms with Gasteiger partial charge in [-0.15, -0.1) is 0 Å². The van der Waals surface area contributed by atoms with Gasteiger partial charge in [0, 0.05) is 25.7 Å². The maximum atomic E-state index is 13.1. The molecule has 3 N–H and O–H groups in total. The Morgan fingerprint density at radius 1 is 0.276 bits per heavy atom. The summed E-state index contributed by atoms with van der Waals surface area (Å²) in [5.74, 6) is -2.12. The van der Waals surface area contributed by atoms with Crippen molar-refractivity contribution < 1.29 is 80.2 Å². The number of carbonyl (C=O) groups is 4. The van der Waals surface area contributed by atoms with Gasteiger partial charge in [-0.05, 0) is 51.4 Å². The molecule has 17 nitrogen and oxygen atoms in total. The number of phosphoric acid groups is 2. The van der Waals surface area contributed by atoms with Crippen LogP contribution in [0.3, 0.4) is 0 Å². The predicted molar refractivity (Wildman–Crippen MR) is 400 cm³/mol. The summed E-state index contributed by atoms with van der Waals surface area (Å²) < 4.78 is 68.7. The molecule has 0 saturated heterocycles. The fraction of sp³-hybridized carbons (Fsp3) is 0.924. The van der Waals surface area contributed by atoms with Crippen molar-refractivity contribution in [3.8, 4) is 0 Å². The Bertz CT molecular complexity index is 1910. The van der Waals surface area contributed by atoms with Gasteiger partial charge in [-0.1, -0.05) is 348 Å². The zero-order chi connectivity index (χ0) is 71.8. The Kier molecular flexibility index (Phi) is 71.5. The monoisotopic (exact) mass is 1440 g/mol. The molecule has 0 radical (unpaired) electrons. The van der Waals surface area contributed by atoms with Gasteiger partial charge < -0.3 is 33.8 Å². The lowest BCUT2D eigenvalue weighted by Gasteiger charge is -2.21.